The third kappa shape index (κ3) is 3.88. The second-order valence-corrected chi connectivity index (χ2v) is 6.48. The van der Waals surface area contributed by atoms with Crippen LogP contribution in [0.25, 0.3) is 0 Å². The highest BCUT2D eigenvalue weighted by Crippen LogP contribution is 2.29. The SMILES string of the molecule is CC[C@@H]1C(=O)NC(=O)N1c1ccc(Oc2ccc(C#N)c(OC(C)C)c2)nc1. The number of urea groups is 1. The van der Waals surface area contributed by atoms with Crippen LogP contribution in [0.3, 0.4) is 0 Å². The van der Waals surface area contributed by atoms with E-state index in [0.29, 0.717) is 35.1 Å². The van der Waals surface area contributed by atoms with E-state index in [1.165, 1.54) is 11.1 Å². The summed E-state index contributed by atoms with van der Waals surface area (Å²) in [5, 5.41) is 11.5. The second kappa shape index (κ2) is 7.96. The molecule has 1 aliphatic heterocycles. The standard InChI is InChI=1S/C20H20N4O4/c1-4-16-19(25)23-20(26)24(16)14-6-8-18(22-11-14)28-15-7-5-13(10-21)17(9-15)27-12(2)3/h5-9,11-12,16H,4H2,1-3H3,(H,23,25,26)/t16-/m1/s1. The van der Waals surface area contributed by atoms with Crippen LogP contribution in [0.2, 0.25) is 0 Å². The zero-order valence-corrected chi connectivity index (χ0v) is 15.8. The molecule has 1 fully saturated rings. The Balaban J connectivity index is 1.79. The number of amides is 3. The maximum atomic E-state index is 12.0. The number of carbonyl (C=O) groups is 2. The number of aromatic nitrogens is 1. The molecule has 1 aromatic carbocycles. The molecule has 3 amide bonds. The molecule has 1 atom stereocenters. The Bertz CT molecular complexity index is 934. The second-order valence-electron chi connectivity index (χ2n) is 6.48. The third-order valence-electron chi connectivity index (χ3n) is 4.11. The lowest BCUT2D eigenvalue weighted by molar-refractivity contribution is -0.119. The fourth-order valence-corrected chi connectivity index (χ4v) is 2.88. The summed E-state index contributed by atoms with van der Waals surface area (Å²) in [7, 11) is 0. The molecule has 0 radical (unpaired) electrons. The molecule has 0 aliphatic carbocycles. The minimum atomic E-state index is -0.546. The minimum absolute atomic E-state index is 0.0828. The molecular formula is C20H20N4O4. The number of anilines is 1. The van der Waals surface area contributed by atoms with Gasteiger partial charge in [-0.1, -0.05) is 6.92 Å². The molecule has 0 saturated carbocycles. The van der Waals surface area contributed by atoms with Crippen molar-refractivity contribution in [1.29, 1.82) is 5.26 Å². The van der Waals surface area contributed by atoms with Crippen molar-refractivity contribution >= 4 is 17.6 Å². The first-order chi connectivity index (χ1) is 13.4. The van der Waals surface area contributed by atoms with Gasteiger partial charge in [-0.3, -0.25) is 15.0 Å². The van der Waals surface area contributed by atoms with Crippen molar-refractivity contribution in [2.24, 2.45) is 0 Å². The molecule has 8 nitrogen and oxygen atoms in total. The Morgan fingerprint density at radius 2 is 2.07 bits per heavy atom. The molecule has 2 heterocycles. The Labute approximate surface area is 162 Å². The third-order valence-corrected chi connectivity index (χ3v) is 4.11. The van der Waals surface area contributed by atoms with Gasteiger partial charge in [0.25, 0.3) is 5.91 Å². The minimum Gasteiger partial charge on any atom is -0.489 e. The van der Waals surface area contributed by atoms with Crippen LogP contribution in [0.5, 0.6) is 17.4 Å². The molecular weight excluding hydrogens is 360 g/mol. The molecule has 1 saturated heterocycles. The summed E-state index contributed by atoms with van der Waals surface area (Å²) in [6.07, 6.45) is 1.89. The zero-order valence-electron chi connectivity index (χ0n) is 15.8. The number of carbonyl (C=O) groups excluding carboxylic acids is 2. The molecule has 0 bridgehead atoms. The Morgan fingerprint density at radius 1 is 1.29 bits per heavy atom. The van der Waals surface area contributed by atoms with Crippen molar-refractivity contribution in [2.45, 2.75) is 39.3 Å². The van der Waals surface area contributed by atoms with Gasteiger partial charge in [-0.05, 0) is 38.5 Å². The number of nitrogens with one attached hydrogen (secondary N) is 1. The van der Waals surface area contributed by atoms with E-state index in [1.54, 1.807) is 30.3 Å². The molecule has 1 N–H and O–H groups in total. The van der Waals surface area contributed by atoms with E-state index < -0.39 is 12.1 Å². The average Bonchev–Trinajstić information content (AvgIpc) is 2.95. The highest BCUT2D eigenvalue weighted by Gasteiger charge is 2.38. The van der Waals surface area contributed by atoms with Crippen molar-refractivity contribution in [3.05, 3.63) is 42.1 Å². The van der Waals surface area contributed by atoms with Crippen LogP contribution < -0.4 is 19.7 Å². The van der Waals surface area contributed by atoms with Crippen molar-refractivity contribution in [3.63, 3.8) is 0 Å². The van der Waals surface area contributed by atoms with Gasteiger partial charge in [0.05, 0.1) is 23.6 Å². The fourth-order valence-electron chi connectivity index (χ4n) is 2.88. The highest BCUT2D eigenvalue weighted by molar-refractivity contribution is 6.14. The van der Waals surface area contributed by atoms with E-state index in [-0.39, 0.29) is 12.0 Å². The van der Waals surface area contributed by atoms with Crippen LogP contribution in [0.15, 0.2) is 36.5 Å². The number of nitrogens with zero attached hydrogens (tertiary/aromatic N) is 3. The van der Waals surface area contributed by atoms with Crippen LogP contribution in [-0.2, 0) is 4.79 Å². The number of imide groups is 1. The van der Waals surface area contributed by atoms with Gasteiger partial charge in [-0.2, -0.15) is 5.26 Å². The maximum absolute atomic E-state index is 12.0. The van der Waals surface area contributed by atoms with Gasteiger partial charge >= 0.3 is 6.03 Å². The lowest BCUT2D eigenvalue weighted by atomic mass is 10.2. The molecule has 0 spiro atoms. The monoisotopic (exact) mass is 380 g/mol. The molecule has 0 unspecified atom stereocenters. The van der Waals surface area contributed by atoms with E-state index in [0.717, 1.165) is 0 Å². The van der Waals surface area contributed by atoms with Gasteiger partial charge in [0.1, 0.15) is 23.6 Å². The van der Waals surface area contributed by atoms with E-state index in [4.69, 9.17) is 9.47 Å². The number of rotatable bonds is 6. The van der Waals surface area contributed by atoms with Crippen LogP contribution in [0.1, 0.15) is 32.8 Å². The van der Waals surface area contributed by atoms with Crippen LogP contribution >= 0.6 is 0 Å². The molecule has 1 aliphatic rings. The first-order valence-electron chi connectivity index (χ1n) is 8.91. The van der Waals surface area contributed by atoms with Gasteiger partial charge in [-0.25, -0.2) is 9.78 Å². The van der Waals surface area contributed by atoms with Gasteiger partial charge in [0, 0.05) is 12.1 Å². The normalized spacial score (nSPS) is 16.1. The van der Waals surface area contributed by atoms with Crippen LogP contribution in [0, 0.1) is 11.3 Å². The number of hydrogen-bond acceptors (Lipinski definition) is 6. The maximum Gasteiger partial charge on any atom is 0.329 e. The largest absolute Gasteiger partial charge is 0.489 e. The summed E-state index contributed by atoms with van der Waals surface area (Å²) in [5.41, 5.74) is 0.922. The quantitative estimate of drug-likeness (QED) is 0.771. The topological polar surface area (TPSA) is 105 Å². The fraction of sp³-hybridized carbons (Fsp3) is 0.300. The number of nitriles is 1. The number of ether oxygens (including phenoxy) is 2. The summed E-state index contributed by atoms with van der Waals surface area (Å²) in [5.74, 6) is 0.895. The number of pyridine rings is 1. The smallest absolute Gasteiger partial charge is 0.329 e. The summed E-state index contributed by atoms with van der Waals surface area (Å²) in [4.78, 5) is 29.4. The van der Waals surface area contributed by atoms with E-state index in [1.807, 2.05) is 20.8 Å². The first-order valence-corrected chi connectivity index (χ1v) is 8.91. The number of benzene rings is 1. The van der Waals surface area contributed by atoms with Crippen LogP contribution in [0.4, 0.5) is 10.5 Å². The molecule has 144 valence electrons. The summed E-state index contributed by atoms with van der Waals surface area (Å²) >= 11 is 0. The van der Waals surface area contributed by atoms with Crippen molar-refractivity contribution in [1.82, 2.24) is 10.3 Å². The Hall–Kier alpha value is -3.60. The number of hydrogen-bond donors (Lipinski definition) is 1. The molecule has 28 heavy (non-hydrogen) atoms. The summed E-state index contributed by atoms with van der Waals surface area (Å²) in [6.45, 7) is 5.58. The van der Waals surface area contributed by atoms with Crippen molar-refractivity contribution < 1.29 is 19.1 Å². The first kappa shape index (κ1) is 19.2. The van der Waals surface area contributed by atoms with E-state index in [9.17, 15) is 14.9 Å². The Kier molecular flexibility index (Phi) is 5.45. The predicted molar refractivity (Wildman–Crippen MR) is 101 cm³/mol. The van der Waals surface area contributed by atoms with Gasteiger partial charge < -0.3 is 9.47 Å². The van der Waals surface area contributed by atoms with Gasteiger partial charge in [0.2, 0.25) is 5.88 Å². The predicted octanol–water partition coefficient (Wildman–Crippen LogP) is 3.37. The van der Waals surface area contributed by atoms with Crippen molar-refractivity contribution in [3.8, 4) is 23.4 Å². The Morgan fingerprint density at radius 3 is 2.68 bits per heavy atom. The molecule has 8 heteroatoms. The van der Waals surface area contributed by atoms with Crippen LogP contribution in [-0.4, -0.2) is 29.1 Å². The van der Waals surface area contributed by atoms with Crippen molar-refractivity contribution in [2.75, 3.05) is 4.90 Å². The lowest BCUT2D eigenvalue weighted by Crippen LogP contribution is -2.34. The van der Waals surface area contributed by atoms with E-state index >= 15 is 0 Å². The van der Waals surface area contributed by atoms with Gasteiger partial charge in [-0.15, -0.1) is 0 Å². The van der Waals surface area contributed by atoms with E-state index in [2.05, 4.69) is 16.4 Å². The summed E-state index contributed by atoms with van der Waals surface area (Å²) < 4.78 is 11.4. The zero-order chi connectivity index (χ0) is 20.3. The summed E-state index contributed by atoms with van der Waals surface area (Å²) in [6, 6.07) is 9.25. The lowest BCUT2D eigenvalue weighted by Gasteiger charge is -2.20. The molecule has 2 aromatic rings. The average molecular weight is 380 g/mol. The van der Waals surface area contributed by atoms with Gasteiger partial charge in [0.15, 0.2) is 0 Å². The molecule has 1 aromatic heterocycles. The highest BCUT2D eigenvalue weighted by atomic mass is 16.5. The molecule has 3 rings (SSSR count).